The summed E-state index contributed by atoms with van der Waals surface area (Å²) in [6.07, 6.45) is 7.44. The van der Waals surface area contributed by atoms with Gasteiger partial charge in [0.1, 0.15) is 0 Å². The molecule has 4 unspecified atom stereocenters. The van der Waals surface area contributed by atoms with Crippen molar-refractivity contribution in [1.82, 2.24) is 4.90 Å². The molecule has 1 aliphatic heterocycles. The molecule has 1 aromatic carbocycles. The number of amides is 1. The number of nitrogens with zero attached hydrogens (tertiary/aromatic N) is 1. The summed E-state index contributed by atoms with van der Waals surface area (Å²) in [4.78, 5) is 14.7. The highest BCUT2D eigenvalue weighted by Gasteiger charge is 2.39. The Bertz CT molecular complexity index is 603. The maximum atomic E-state index is 12.8. The van der Waals surface area contributed by atoms with Crippen LogP contribution in [0.25, 0.3) is 0 Å². The first kappa shape index (κ1) is 15.9. The number of hydrogen-bond donors (Lipinski definition) is 2. The number of carbonyl (C=O) groups is 1. The summed E-state index contributed by atoms with van der Waals surface area (Å²) in [7, 11) is 0. The van der Waals surface area contributed by atoms with E-state index in [1.807, 2.05) is 23.1 Å². The van der Waals surface area contributed by atoms with Gasteiger partial charge in [0.05, 0.1) is 0 Å². The van der Waals surface area contributed by atoms with Crippen LogP contribution in [0.4, 0.5) is 5.69 Å². The van der Waals surface area contributed by atoms with E-state index in [1.54, 1.807) is 0 Å². The van der Waals surface area contributed by atoms with E-state index in [9.17, 15) is 9.90 Å². The van der Waals surface area contributed by atoms with E-state index in [0.717, 1.165) is 42.5 Å². The molecule has 4 rings (SSSR count). The van der Waals surface area contributed by atoms with Gasteiger partial charge >= 0.3 is 0 Å². The highest BCUT2D eigenvalue weighted by Crippen LogP contribution is 2.45. The third-order valence-electron chi connectivity index (χ3n) is 6.26. The number of piperidine rings is 1. The number of aliphatic hydroxyl groups is 1. The second kappa shape index (κ2) is 6.75. The van der Waals surface area contributed by atoms with Crippen molar-refractivity contribution >= 4 is 11.6 Å². The average molecular weight is 328 g/mol. The largest absolute Gasteiger partial charge is 0.396 e. The Kier molecular flexibility index (Phi) is 4.49. The van der Waals surface area contributed by atoms with Gasteiger partial charge in [0.25, 0.3) is 5.91 Å². The summed E-state index contributed by atoms with van der Waals surface area (Å²) in [5.41, 5.74) is 1.84. The Labute approximate surface area is 144 Å². The van der Waals surface area contributed by atoms with Crippen molar-refractivity contribution < 1.29 is 9.90 Å². The zero-order valence-electron chi connectivity index (χ0n) is 14.3. The standard InChI is InChI=1S/C20H28N2O2/c23-13-15-3-2-8-22(12-15)20(24)17-4-1-5-18(11-17)21-19-10-14-6-7-16(19)9-14/h1,4-5,11,14-16,19,21,23H,2-3,6-10,12-13H2. The third kappa shape index (κ3) is 3.16. The van der Waals surface area contributed by atoms with Crippen LogP contribution in [0, 0.1) is 17.8 Å². The van der Waals surface area contributed by atoms with Gasteiger partial charge in [-0.3, -0.25) is 4.79 Å². The molecule has 4 heteroatoms. The minimum absolute atomic E-state index is 0.102. The predicted octanol–water partition coefficient (Wildman–Crippen LogP) is 3.13. The first-order chi connectivity index (χ1) is 11.7. The Morgan fingerprint density at radius 3 is 2.92 bits per heavy atom. The van der Waals surface area contributed by atoms with Gasteiger partial charge in [-0.05, 0) is 68.1 Å². The lowest BCUT2D eigenvalue weighted by molar-refractivity contribution is 0.0621. The lowest BCUT2D eigenvalue weighted by Crippen LogP contribution is -2.41. The summed E-state index contributed by atoms with van der Waals surface area (Å²) in [5.74, 6) is 2.07. The first-order valence-corrected chi connectivity index (χ1v) is 9.49. The molecular formula is C20H28N2O2. The van der Waals surface area contributed by atoms with E-state index in [4.69, 9.17) is 0 Å². The molecule has 1 saturated heterocycles. The highest BCUT2D eigenvalue weighted by molar-refractivity contribution is 5.95. The van der Waals surface area contributed by atoms with Crippen LogP contribution in [0.3, 0.4) is 0 Å². The second-order valence-electron chi connectivity index (χ2n) is 7.95. The first-order valence-electron chi connectivity index (χ1n) is 9.49. The van der Waals surface area contributed by atoms with Gasteiger partial charge in [0, 0.05) is 37.0 Å². The fourth-order valence-corrected chi connectivity index (χ4v) is 4.96. The molecule has 0 spiro atoms. The maximum Gasteiger partial charge on any atom is 0.253 e. The summed E-state index contributed by atoms with van der Waals surface area (Å²) in [6, 6.07) is 8.57. The Morgan fingerprint density at radius 1 is 1.25 bits per heavy atom. The monoisotopic (exact) mass is 328 g/mol. The number of likely N-dealkylation sites (tertiary alicyclic amines) is 1. The molecule has 1 amide bonds. The lowest BCUT2D eigenvalue weighted by atomic mass is 9.95. The summed E-state index contributed by atoms with van der Waals surface area (Å²) in [5, 5.41) is 13.0. The van der Waals surface area contributed by atoms with Crippen LogP contribution >= 0.6 is 0 Å². The summed E-state index contributed by atoms with van der Waals surface area (Å²) >= 11 is 0. The molecule has 1 heterocycles. The van der Waals surface area contributed by atoms with Gasteiger partial charge in [0.2, 0.25) is 0 Å². The number of rotatable bonds is 4. The predicted molar refractivity (Wildman–Crippen MR) is 95.0 cm³/mol. The number of aliphatic hydroxyl groups excluding tert-OH is 1. The van der Waals surface area contributed by atoms with Gasteiger partial charge < -0.3 is 15.3 Å². The van der Waals surface area contributed by atoms with Crippen LogP contribution in [0.2, 0.25) is 0 Å². The molecule has 0 aromatic heterocycles. The van der Waals surface area contributed by atoms with Gasteiger partial charge in [-0.25, -0.2) is 0 Å². The second-order valence-corrected chi connectivity index (χ2v) is 7.95. The Hall–Kier alpha value is -1.55. The SMILES string of the molecule is O=C(c1cccc(NC2CC3CCC2C3)c1)N1CCCC(CO)C1. The van der Waals surface area contributed by atoms with Crippen molar-refractivity contribution in [2.24, 2.45) is 17.8 Å². The van der Waals surface area contributed by atoms with E-state index < -0.39 is 0 Å². The fourth-order valence-electron chi connectivity index (χ4n) is 4.96. The number of fused-ring (bicyclic) bond motifs is 2. The molecule has 2 N–H and O–H groups in total. The average Bonchev–Trinajstić information content (AvgIpc) is 3.24. The van der Waals surface area contributed by atoms with Crippen molar-refractivity contribution in [3.8, 4) is 0 Å². The highest BCUT2D eigenvalue weighted by atomic mass is 16.3. The molecule has 1 aromatic rings. The number of hydrogen-bond acceptors (Lipinski definition) is 3. The van der Waals surface area contributed by atoms with E-state index in [1.165, 1.54) is 25.7 Å². The minimum Gasteiger partial charge on any atom is -0.396 e. The molecule has 24 heavy (non-hydrogen) atoms. The molecule has 3 aliphatic rings. The number of anilines is 1. The smallest absolute Gasteiger partial charge is 0.253 e. The van der Waals surface area contributed by atoms with Crippen molar-refractivity contribution in [2.45, 2.75) is 44.6 Å². The van der Waals surface area contributed by atoms with Crippen molar-refractivity contribution in [3.05, 3.63) is 29.8 Å². The molecule has 0 radical (unpaired) electrons. The van der Waals surface area contributed by atoms with Crippen molar-refractivity contribution in [2.75, 3.05) is 25.0 Å². The maximum absolute atomic E-state index is 12.8. The normalized spacial score (nSPS) is 32.1. The van der Waals surface area contributed by atoms with Crippen LogP contribution in [-0.4, -0.2) is 41.7 Å². The van der Waals surface area contributed by atoms with Crippen LogP contribution in [0.5, 0.6) is 0 Å². The van der Waals surface area contributed by atoms with Crippen molar-refractivity contribution in [3.63, 3.8) is 0 Å². The minimum atomic E-state index is 0.102. The molecule has 3 fully saturated rings. The fraction of sp³-hybridized carbons (Fsp3) is 0.650. The zero-order valence-corrected chi connectivity index (χ0v) is 14.3. The van der Waals surface area contributed by atoms with Crippen LogP contribution in [0.1, 0.15) is 48.9 Å². The molecule has 4 nitrogen and oxygen atoms in total. The third-order valence-corrected chi connectivity index (χ3v) is 6.26. The zero-order chi connectivity index (χ0) is 16.5. The van der Waals surface area contributed by atoms with Crippen LogP contribution in [-0.2, 0) is 0 Å². The quantitative estimate of drug-likeness (QED) is 0.893. The summed E-state index contributed by atoms with van der Waals surface area (Å²) in [6.45, 7) is 1.66. The van der Waals surface area contributed by atoms with Gasteiger partial charge in [-0.2, -0.15) is 0 Å². The van der Waals surface area contributed by atoms with Gasteiger partial charge in [0.15, 0.2) is 0 Å². The topological polar surface area (TPSA) is 52.6 Å². The number of benzene rings is 1. The van der Waals surface area contributed by atoms with Gasteiger partial charge in [-0.1, -0.05) is 12.5 Å². The molecule has 2 bridgehead atoms. The van der Waals surface area contributed by atoms with Gasteiger partial charge in [-0.15, -0.1) is 0 Å². The number of carbonyl (C=O) groups excluding carboxylic acids is 1. The molecular weight excluding hydrogens is 300 g/mol. The lowest BCUT2D eigenvalue weighted by Gasteiger charge is -2.32. The molecule has 2 aliphatic carbocycles. The number of nitrogens with one attached hydrogen (secondary N) is 1. The molecule has 2 saturated carbocycles. The molecule has 130 valence electrons. The van der Waals surface area contributed by atoms with E-state index in [2.05, 4.69) is 11.4 Å². The Morgan fingerprint density at radius 2 is 2.17 bits per heavy atom. The van der Waals surface area contributed by atoms with E-state index >= 15 is 0 Å². The Balaban J connectivity index is 1.43. The van der Waals surface area contributed by atoms with E-state index in [0.29, 0.717) is 12.6 Å². The molecule has 4 atom stereocenters. The summed E-state index contributed by atoms with van der Waals surface area (Å²) < 4.78 is 0. The van der Waals surface area contributed by atoms with E-state index in [-0.39, 0.29) is 18.4 Å². The van der Waals surface area contributed by atoms with Crippen LogP contribution in [0.15, 0.2) is 24.3 Å². The van der Waals surface area contributed by atoms with Crippen molar-refractivity contribution in [1.29, 1.82) is 0 Å². The van der Waals surface area contributed by atoms with Crippen LogP contribution < -0.4 is 5.32 Å².